The maximum absolute atomic E-state index is 6.35. The number of hydrogen-bond acceptors (Lipinski definition) is 4. The van der Waals surface area contributed by atoms with Crippen molar-refractivity contribution in [2.45, 2.75) is 38.2 Å². The summed E-state index contributed by atoms with van der Waals surface area (Å²) in [4.78, 5) is 4.65. The second kappa shape index (κ2) is 5.67. The molecule has 4 heterocycles. The Balaban J connectivity index is 1.57. The summed E-state index contributed by atoms with van der Waals surface area (Å²) >= 11 is 0. The Hall–Kier alpha value is -1.39. The van der Waals surface area contributed by atoms with Crippen LogP contribution in [0.2, 0.25) is 0 Å². The van der Waals surface area contributed by atoms with Gasteiger partial charge in [-0.3, -0.25) is 4.98 Å². The molecular formula is C18H25N3O. The molecule has 118 valence electrons. The molecule has 1 atom stereocenters. The lowest BCUT2D eigenvalue weighted by atomic mass is 9.79. The molecular weight excluding hydrogens is 274 g/mol. The smallest absolute Gasteiger partial charge is 0.141 e. The maximum Gasteiger partial charge on any atom is 0.141 e. The predicted octanol–water partition coefficient (Wildman–Crippen LogP) is 2.15. The number of ether oxygens (including phenoxy) is 1. The van der Waals surface area contributed by atoms with Crippen molar-refractivity contribution in [2.75, 3.05) is 26.2 Å². The van der Waals surface area contributed by atoms with Gasteiger partial charge in [-0.25, -0.2) is 0 Å². The lowest BCUT2D eigenvalue weighted by molar-refractivity contribution is 0.0317. The fourth-order valence-electron chi connectivity index (χ4n) is 4.07. The molecule has 1 aromatic rings. The zero-order valence-corrected chi connectivity index (χ0v) is 13.3. The second-order valence-electron chi connectivity index (χ2n) is 6.98. The molecule has 22 heavy (non-hydrogen) atoms. The number of hydrogen-bond donors (Lipinski definition) is 2. The molecule has 1 saturated heterocycles. The van der Waals surface area contributed by atoms with Gasteiger partial charge in [-0.1, -0.05) is 6.08 Å². The zero-order valence-electron chi connectivity index (χ0n) is 13.3. The van der Waals surface area contributed by atoms with Gasteiger partial charge in [-0.05, 0) is 57.5 Å². The topological polar surface area (TPSA) is 46.2 Å². The predicted molar refractivity (Wildman–Crippen MR) is 88.0 cm³/mol. The summed E-state index contributed by atoms with van der Waals surface area (Å²) in [6, 6.07) is 2.26. The van der Waals surface area contributed by atoms with E-state index in [4.69, 9.17) is 4.74 Å². The molecule has 0 unspecified atom stereocenters. The first-order chi connectivity index (χ1) is 10.7. The van der Waals surface area contributed by atoms with E-state index in [2.05, 4.69) is 34.7 Å². The first-order valence-electron chi connectivity index (χ1n) is 8.53. The van der Waals surface area contributed by atoms with E-state index < -0.39 is 0 Å². The molecule has 4 heteroatoms. The molecule has 1 fully saturated rings. The fourth-order valence-corrected chi connectivity index (χ4v) is 4.07. The number of piperidine rings is 1. The third-order valence-corrected chi connectivity index (χ3v) is 5.43. The number of pyridine rings is 1. The summed E-state index contributed by atoms with van der Waals surface area (Å²) in [5, 5.41) is 6.81. The molecule has 3 aliphatic rings. The Morgan fingerprint density at radius 3 is 2.86 bits per heavy atom. The molecule has 0 bridgehead atoms. The van der Waals surface area contributed by atoms with Gasteiger partial charge in [-0.15, -0.1) is 0 Å². The normalized spacial score (nSPS) is 28.9. The zero-order chi connectivity index (χ0) is 15.0. The van der Waals surface area contributed by atoms with Crippen molar-refractivity contribution >= 4 is 5.57 Å². The van der Waals surface area contributed by atoms with E-state index in [1.165, 1.54) is 24.0 Å². The largest absolute Gasteiger partial charge is 0.485 e. The molecule has 4 nitrogen and oxygen atoms in total. The summed E-state index contributed by atoms with van der Waals surface area (Å²) in [5.41, 5.74) is 3.80. The number of nitrogens with one attached hydrogen (secondary N) is 2. The van der Waals surface area contributed by atoms with E-state index in [1.54, 1.807) is 0 Å². The van der Waals surface area contributed by atoms with Crippen molar-refractivity contribution in [1.82, 2.24) is 15.6 Å². The van der Waals surface area contributed by atoms with Crippen LogP contribution in [0.5, 0.6) is 5.75 Å². The highest BCUT2D eigenvalue weighted by atomic mass is 16.5. The van der Waals surface area contributed by atoms with Gasteiger partial charge in [0, 0.05) is 24.4 Å². The molecule has 4 rings (SSSR count). The third kappa shape index (κ3) is 2.55. The van der Waals surface area contributed by atoms with Crippen LogP contribution in [0.25, 0.3) is 5.57 Å². The minimum Gasteiger partial charge on any atom is -0.485 e. The van der Waals surface area contributed by atoms with Gasteiger partial charge in [-0.2, -0.15) is 0 Å². The molecule has 0 amide bonds. The minimum atomic E-state index is -0.0484. The monoisotopic (exact) mass is 299 g/mol. The molecule has 0 spiro atoms. The highest BCUT2D eigenvalue weighted by Crippen LogP contribution is 2.42. The first kappa shape index (κ1) is 14.2. The SMILES string of the molecule is C[C@@]1(C2CCNCC2)Cc2cc(C3=CCNCC3)ncc2O1. The highest BCUT2D eigenvalue weighted by Gasteiger charge is 2.42. The van der Waals surface area contributed by atoms with Gasteiger partial charge in [0.2, 0.25) is 0 Å². The van der Waals surface area contributed by atoms with Crippen molar-refractivity contribution < 1.29 is 4.74 Å². The Kier molecular flexibility index (Phi) is 3.66. The van der Waals surface area contributed by atoms with Crippen LogP contribution in [0.4, 0.5) is 0 Å². The van der Waals surface area contributed by atoms with Crippen LogP contribution in [0.1, 0.15) is 37.4 Å². The Morgan fingerprint density at radius 1 is 1.23 bits per heavy atom. The summed E-state index contributed by atoms with van der Waals surface area (Å²) in [7, 11) is 0. The van der Waals surface area contributed by atoms with Crippen LogP contribution >= 0.6 is 0 Å². The minimum absolute atomic E-state index is 0.0484. The van der Waals surface area contributed by atoms with E-state index in [0.29, 0.717) is 5.92 Å². The van der Waals surface area contributed by atoms with Crippen molar-refractivity contribution in [2.24, 2.45) is 5.92 Å². The number of rotatable bonds is 2. The van der Waals surface area contributed by atoms with E-state index >= 15 is 0 Å². The van der Waals surface area contributed by atoms with E-state index in [0.717, 1.165) is 50.5 Å². The van der Waals surface area contributed by atoms with Crippen molar-refractivity contribution in [3.05, 3.63) is 29.6 Å². The quantitative estimate of drug-likeness (QED) is 0.878. The standard InChI is InChI=1S/C18H25N3O/c1-18(15-4-8-20-9-5-15)11-14-10-16(21-12-17(14)22-18)13-2-6-19-7-3-13/h2,10,12,15,19-20H,3-9,11H2,1H3/t18-/m0/s1. The van der Waals surface area contributed by atoms with Gasteiger partial charge < -0.3 is 15.4 Å². The summed E-state index contributed by atoms with van der Waals surface area (Å²) < 4.78 is 6.35. The Morgan fingerprint density at radius 2 is 2.09 bits per heavy atom. The van der Waals surface area contributed by atoms with Gasteiger partial charge >= 0.3 is 0 Å². The van der Waals surface area contributed by atoms with Crippen LogP contribution < -0.4 is 15.4 Å². The Bertz CT molecular complexity index is 592. The fraction of sp³-hybridized carbons (Fsp3) is 0.611. The van der Waals surface area contributed by atoms with Gasteiger partial charge in [0.05, 0.1) is 11.9 Å². The average molecular weight is 299 g/mol. The van der Waals surface area contributed by atoms with Gasteiger partial charge in [0.15, 0.2) is 0 Å². The van der Waals surface area contributed by atoms with Gasteiger partial charge in [0.1, 0.15) is 11.4 Å². The van der Waals surface area contributed by atoms with E-state index in [-0.39, 0.29) is 5.60 Å². The number of fused-ring (bicyclic) bond motifs is 1. The lowest BCUT2D eigenvalue weighted by Crippen LogP contribution is -2.44. The van der Waals surface area contributed by atoms with E-state index in [9.17, 15) is 0 Å². The van der Waals surface area contributed by atoms with Crippen molar-refractivity contribution in [1.29, 1.82) is 0 Å². The molecule has 0 aromatic carbocycles. The van der Waals surface area contributed by atoms with Crippen LogP contribution in [-0.4, -0.2) is 36.8 Å². The maximum atomic E-state index is 6.35. The molecule has 0 aliphatic carbocycles. The molecule has 1 aromatic heterocycles. The molecule has 0 saturated carbocycles. The number of aromatic nitrogens is 1. The first-order valence-corrected chi connectivity index (χ1v) is 8.53. The molecule has 0 radical (unpaired) electrons. The van der Waals surface area contributed by atoms with Crippen LogP contribution in [0.3, 0.4) is 0 Å². The van der Waals surface area contributed by atoms with Crippen molar-refractivity contribution in [3.8, 4) is 5.75 Å². The van der Waals surface area contributed by atoms with Gasteiger partial charge in [0.25, 0.3) is 0 Å². The molecule has 3 aliphatic heterocycles. The van der Waals surface area contributed by atoms with Crippen molar-refractivity contribution in [3.63, 3.8) is 0 Å². The summed E-state index contributed by atoms with van der Waals surface area (Å²) in [5.74, 6) is 1.64. The summed E-state index contributed by atoms with van der Waals surface area (Å²) in [6.07, 6.45) is 8.72. The van der Waals surface area contributed by atoms with Crippen LogP contribution in [0, 0.1) is 5.92 Å². The Labute approximate surface area is 132 Å². The molecule has 2 N–H and O–H groups in total. The van der Waals surface area contributed by atoms with E-state index in [1.807, 2.05) is 6.20 Å². The number of nitrogens with zero attached hydrogens (tertiary/aromatic N) is 1. The van der Waals surface area contributed by atoms with Crippen LogP contribution in [0.15, 0.2) is 18.3 Å². The highest BCUT2D eigenvalue weighted by molar-refractivity contribution is 5.65. The summed E-state index contributed by atoms with van der Waals surface area (Å²) in [6.45, 7) is 6.52. The van der Waals surface area contributed by atoms with Crippen LogP contribution in [-0.2, 0) is 6.42 Å². The lowest BCUT2D eigenvalue weighted by Gasteiger charge is -2.36. The average Bonchev–Trinajstić information content (AvgIpc) is 2.93. The third-order valence-electron chi connectivity index (χ3n) is 5.43. The second-order valence-corrected chi connectivity index (χ2v) is 6.98.